The molecule has 1 aromatic carbocycles. The third kappa shape index (κ3) is 5.38. The molecule has 0 bridgehead atoms. The highest BCUT2D eigenvalue weighted by molar-refractivity contribution is 5.81. The van der Waals surface area contributed by atoms with E-state index in [0.717, 1.165) is 30.0 Å². The molecule has 0 fully saturated rings. The van der Waals surface area contributed by atoms with E-state index in [-0.39, 0.29) is 11.9 Å². The van der Waals surface area contributed by atoms with E-state index < -0.39 is 6.10 Å². The lowest BCUT2D eigenvalue weighted by Crippen LogP contribution is -2.40. The molecule has 0 radical (unpaired) electrons. The van der Waals surface area contributed by atoms with Crippen molar-refractivity contribution in [2.75, 3.05) is 6.54 Å². The van der Waals surface area contributed by atoms with E-state index in [1.54, 1.807) is 6.92 Å². The van der Waals surface area contributed by atoms with Crippen molar-refractivity contribution in [3.63, 3.8) is 0 Å². The summed E-state index contributed by atoms with van der Waals surface area (Å²) in [6.07, 6.45) is -0.496. The van der Waals surface area contributed by atoms with Gasteiger partial charge in [0.25, 0.3) is 5.91 Å². The second-order valence-electron chi connectivity index (χ2n) is 5.76. The normalized spacial score (nSPS) is 12.3. The number of benzene rings is 1. The highest BCUT2D eigenvalue weighted by Gasteiger charge is 2.17. The summed E-state index contributed by atoms with van der Waals surface area (Å²) in [7, 11) is 0. The summed E-state index contributed by atoms with van der Waals surface area (Å²) in [5.74, 6) is 0.724. The molecule has 21 heavy (non-hydrogen) atoms. The molecule has 2 N–H and O–H groups in total. The van der Waals surface area contributed by atoms with Crippen LogP contribution in [0.1, 0.15) is 44.4 Å². The van der Waals surface area contributed by atoms with Crippen molar-refractivity contribution in [1.82, 2.24) is 10.6 Å². The Morgan fingerprint density at radius 2 is 1.76 bits per heavy atom. The maximum atomic E-state index is 11.9. The molecule has 1 atom stereocenters. The number of rotatable bonds is 7. The highest BCUT2D eigenvalue weighted by atomic mass is 16.5. The first kappa shape index (κ1) is 17.5. The Morgan fingerprint density at radius 3 is 2.24 bits per heavy atom. The number of amides is 1. The fourth-order valence-electron chi connectivity index (χ4n) is 2.23. The molecule has 1 amide bonds. The quantitative estimate of drug-likeness (QED) is 0.812. The number of ether oxygens (including phenoxy) is 1. The molecular formula is C17H28N2O2. The van der Waals surface area contributed by atoms with Gasteiger partial charge in [0.1, 0.15) is 5.75 Å². The summed E-state index contributed by atoms with van der Waals surface area (Å²) in [5.41, 5.74) is 3.36. The van der Waals surface area contributed by atoms with Gasteiger partial charge < -0.3 is 15.4 Å². The molecule has 1 unspecified atom stereocenters. The molecule has 0 aliphatic heterocycles. The van der Waals surface area contributed by atoms with E-state index in [9.17, 15) is 4.79 Å². The van der Waals surface area contributed by atoms with Gasteiger partial charge >= 0.3 is 0 Å². The largest absolute Gasteiger partial charge is 0.480 e. The SMILES string of the molecule is CCNCc1cc(C)c(OC(C)C(=O)NC(C)C)c(C)c1. The first-order valence-electron chi connectivity index (χ1n) is 7.63. The predicted octanol–water partition coefficient (Wildman–Crippen LogP) is 2.70. The summed E-state index contributed by atoms with van der Waals surface area (Å²) in [6.45, 7) is 13.6. The number of carbonyl (C=O) groups excluding carboxylic acids is 1. The molecular weight excluding hydrogens is 264 g/mol. The van der Waals surface area contributed by atoms with Gasteiger partial charge in [0.05, 0.1) is 0 Å². The summed E-state index contributed by atoms with van der Waals surface area (Å²) >= 11 is 0. The molecule has 0 spiro atoms. The number of carbonyl (C=O) groups is 1. The second-order valence-corrected chi connectivity index (χ2v) is 5.76. The Hall–Kier alpha value is -1.55. The molecule has 4 nitrogen and oxygen atoms in total. The van der Waals surface area contributed by atoms with Crippen LogP contribution >= 0.6 is 0 Å². The van der Waals surface area contributed by atoms with Crippen LogP contribution in [0.3, 0.4) is 0 Å². The first-order valence-corrected chi connectivity index (χ1v) is 7.63. The average Bonchev–Trinajstić information content (AvgIpc) is 2.39. The predicted molar refractivity (Wildman–Crippen MR) is 86.7 cm³/mol. The molecule has 0 aromatic heterocycles. The Labute approximate surface area is 128 Å². The standard InChI is InChI=1S/C17H28N2O2/c1-7-18-10-15-8-12(4)16(13(5)9-15)21-14(6)17(20)19-11(2)3/h8-9,11,14,18H,7,10H2,1-6H3,(H,19,20). The van der Waals surface area contributed by atoms with Gasteiger partial charge in [-0.25, -0.2) is 0 Å². The van der Waals surface area contributed by atoms with Crippen molar-refractivity contribution < 1.29 is 9.53 Å². The third-order valence-electron chi connectivity index (χ3n) is 3.19. The molecule has 1 rings (SSSR count). The van der Waals surface area contributed by atoms with Crippen LogP contribution in [0.25, 0.3) is 0 Å². The fourth-order valence-corrected chi connectivity index (χ4v) is 2.23. The van der Waals surface area contributed by atoms with Crippen LogP contribution in [0.15, 0.2) is 12.1 Å². The Morgan fingerprint density at radius 1 is 1.19 bits per heavy atom. The van der Waals surface area contributed by atoms with E-state index in [2.05, 4.69) is 29.7 Å². The zero-order valence-electron chi connectivity index (χ0n) is 14.0. The molecule has 118 valence electrons. The summed E-state index contributed by atoms with van der Waals surface area (Å²) in [5, 5.41) is 6.18. The second kappa shape index (κ2) is 8.03. The van der Waals surface area contributed by atoms with Crippen LogP contribution in [0.2, 0.25) is 0 Å². The molecule has 0 heterocycles. The van der Waals surface area contributed by atoms with E-state index in [0.29, 0.717) is 0 Å². The monoisotopic (exact) mass is 292 g/mol. The minimum atomic E-state index is -0.496. The Bertz CT molecular complexity index is 461. The van der Waals surface area contributed by atoms with Crippen molar-refractivity contribution in [1.29, 1.82) is 0 Å². The Kier molecular flexibility index (Phi) is 6.69. The number of nitrogens with one attached hydrogen (secondary N) is 2. The summed E-state index contributed by atoms with van der Waals surface area (Å²) < 4.78 is 5.87. The lowest BCUT2D eigenvalue weighted by atomic mass is 10.1. The highest BCUT2D eigenvalue weighted by Crippen LogP contribution is 2.26. The van der Waals surface area contributed by atoms with Gasteiger partial charge in [-0.2, -0.15) is 0 Å². The van der Waals surface area contributed by atoms with Crippen LogP contribution in [0, 0.1) is 13.8 Å². The first-order chi connectivity index (χ1) is 9.85. The van der Waals surface area contributed by atoms with Crippen molar-refractivity contribution >= 4 is 5.91 Å². The zero-order chi connectivity index (χ0) is 16.0. The van der Waals surface area contributed by atoms with Crippen LogP contribution in [0.4, 0.5) is 0 Å². The third-order valence-corrected chi connectivity index (χ3v) is 3.19. The minimum absolute atomic E-state index is 0.0828. The lowest BCUT2D eigenvalue weighted by molar-refractivity contribution is -0.127. The smallest absolute Gasteiger partial charge is 0.260 e. The van der Waals surface area contributed by atoms with Crippen molar-refractivity contribution in [3.8, 4) is 5.75 Å². The number of hydrogen-bond donors (Lipinski definition) is 2. The van der Waals surface area contributed by atoms with E-state index >= 15 is 0 Å². The summed E-state index contributed by atoms with van der Waals surface area (Å²) in [6, 6.07) is 4.34. The Balaban J connectivity index is 2.81. The molecule has 0 saturated carbocycles. The van der Waals surface area contributed by atoms with Crippen molar-refractivity contribution in [2.45, 2.75) is 60.2 Å². The molecule has 0 aliphatic rings. The lowest BCUT2D eigenvalue weighted by Gasteiger charge is -2.20. The molecule has 1 aromatic rings. The average molecular weight is 292 g/mol. The molecule has 0 aliphatic carbocycles. The van der Waals surface area contributed by atoms with Gasteiger partial charge in [0, 0.05) is 12.6 Å². The topological polar surface area (TPSA) is 50.4 Å². The zero-order valence-corrected chi connectivity index (χ0v) is 14.0. The molecule has 0 saturated heterocycles. The fraction of sp³-hybridized carbons (Fsp3) is 0.588. The van der Waals surface area contributed by atoms with E-state index in [4.69, 9.17) is 4.74 Å². The van der Waals surface area contributed by atoms with Crippen LogP contribution in [0.5, 0.6) is 5.75 Å². The van der Waals surface area contributed by atoms with E-state index in [1.165, 1.54) is 5.56 Å². The van der Waals surface area contributed by atoms with Gasteiger partial charge in [-0.15, -0.1) is 0 Å². The minimum Gasteiger partial charge on any atom is -0.480 e. The van der Waals surface area contributed by atoms with Crippen molar-refractivity contribution in [2.24, 2.45) is 0 Å². The maximum absolute atomic E-state index is 11.9. The van der Waals surface area contributed by atoms with Crippen LogP contribution < -0.4 is 15.4 Å². The van der Waals surface area contributed by atoms with Gasteiger partial charge in [-0.05, 0) is 57.9 Å². The molecule has 4 heteroatoms. The maximum Gasteiger partial charge on any atom is 0.260 e. The summed E-state index contributed by atoms with van der Waals surface area (Å²) in [4.78, 5) is 11.9. The van der Waals surface area contributed by atoms with Gasteiger partial charge in [-0.3, -0.25) is 4.79 Å². The number of aryl methyl sites for hydroxylation is 2. The van der Waals surface area contributed by atoms with Crippen molar-refractivity contribution in [3.05, 3.63) is 28.8 Å². The van der Waals surface area contributed by atoms with Gasteiger partial charge in [-0.1, -0.05) is 19.1 Å². The number of hydrogen-bond acceptors (Lipinski definition) is 3. The van der Waals surface area contributed by atoms with Gasteiger partial charge in [0.15, 0.2) is 6.10 Å². The van der Waals surface area contributed by atoms with Crippen LogP contribution in [-0.4, -0.2) is 24.6 Å². The van der Waals surface area contributed by atoms with Gasteiger partial charge in [0.2, 0.25) is 0 Å². The van der Waals surface area contributed by atoms with E-state index in [1.807, 2.05) is 27.7 Å². The van der Waals surface area contributed by atoms with Crippen LogP contribution in [-0.2, 0) is 11.3 Å².